The predicted octanol–water partition coefficient (Wildman–Crippen LogP) is 0.334. The van der Waals surface area contributed by atoms with Crippen molar-refractivity contribution in [3.05, 3.63) is 0 Å². The summed E-state index contributed by atoms with van der Waals surface area (Å²) in [6.45, 7) is 3.95. The summed E-state index contributed by atoms with van der Waals surface area (Å²) in [6, 6.07) is 0.273. The van der Waals surface area contributed by atoms with E-state index in [4.69, 9.17) is 4.74 Å². The summed E-state index contributed by atoms with van der Waals surface area (Å²) in [7, 11) is -3.36. The summed E-state index contributed by atoms with van der Waals surface area (Å²) >= 11 is 0. The highest BCUT2D eigenvalue weighted by atomic mass is 32.2. The number of rotatable bonds is 8. The molecule has 1 saturated heterocycles. The lowest BCUT2D eigenvalue weighted by Gasteiger charge is -2.27. The largest absolute Gasteiger partial charge is 0.393 e. The maximum absolute atomic E-state index is 12.1. The van der Waals surface area contributed by atoms with Crippen molar-refractivity contribution in [3.8, 4) is 0 Å². The number of aliphatic hydroxyl groups is 1. The number of aliphatic imine (C=N–C) groups is 1. The van der Waals surface area contributed by atoms with Crippen molar-refractivity contribution in [1.82, 2.24) is 15.4 Å². The molecule has 1 atom stereocenters. The van der Waals surface area contributed by atoms with Crippen molar-refractivity contribution in [1.29, 1.82) is 0 Å². The smallest absolute Gasteiger partial charge is 0.213 e. The van der Waals surface area contributed by atoms with E-state index in [1.807, 2.05) is 6.92 Å². The van der Waals surface area contributed by atoms with Gasteiger partial charge in [0.25, 0.3) is 0 Å². The van der Waals surface area contributed by atoms with Crippen LogP contribution in [0, 0.1) is 0 Å². The molecule has 0 bridgehead atoms. The van der Waals surface area contributed by atoms with Crippen LogP contribution in [0.5, 0.6) is 0 Å². The third kappa shape index (κ3) is 8.20. The molecule has 0 radical (unpaired) electrons. The first kappa shape index (κ1) is 21.4. The van der Waals surface area contributed by atoms with Crippen LogP contribution < -0.4 is 15.4 Å². The molecule has 2 fully saturated rings. The highest BCUT2D eigenvalue weighted by molar-refractivity contribution is 7.89. The molecule has 1 aliphatic heterocycles. The highest BCUT2D eigenvalue weighted by Crippen LogP contribution is 2.18. The van der Waals surface area contributed by atoms with Crippen molar-refractivity contribution in [2.75, 3.05) is 32.0 Å². The molecular weight excluding hydrogens is 356 g/mol. The fourth-order valence-corrected chi connectivity index (χ4v) is 4.19. The molecule has 0 aromatic rings. The van der Waals surface area contributed by atoms with Gasteiger partial charge in [0.2, 0.25) is 10.0 Å². The third-order valence-electron chi connectivity index (χ3n) is 4.82. The monoisotopic (exact) mass is 390 g/mol. The minimum absolute atomic E-state index is 0.0114. The Labute approximate surface area is 157 Å². The first-order valence-electron chi connectivity index (χ1n) is 9.80. The third-order valence-corrected chi connectivity index (χ3v) is 6.14. The lowest BCUT2D eigenvalue weighted by atomic mass is 9.93. The molecule has 26 heavy (non-hydrogen) atoms. The van der Waals surface area contributed by atoms with Crippen LogP contribution in [0.1, 0.15) is 51.9 Å². The van der Waals surface area contributed by atoms with E-state index < -0.39 is 10.0 Å². The summed E-state index contributed by atoms with van der Waals surface area (Å²) in [5.41, 5.74) is 0. The summed E-state index contributed by atoms with van der Waals surface area (Å²) in [5.74, 6) is 0.597. The van der Waals surface area contributed by atoms with Crippen molar-refractivity contribution < 1.29 is 18.3 Å². The van der Waals surface area contributed by atoms with Crippen molar-refractivity contribution in [3.63, 3.8) is 0 Å². The Balaban J connectivity index is 1.74. The van der Waals surface area contributed by atoms with Gasteiger partial charge in [-0.25, -0.2) is 13.1 Å². The van der Waals surface area contributed by atoms with Gasteiger partial charge < -0.3 is 20.5 Å². The van der Waals surface area contributed by atoms with Crippen LogP contribution in [-0.4, -0.2) is 69.7 Å². The SMILES string of the molecule is CCNC(=NCCS(=O)(=O)NCC1CCCCO1)NC1CCC(O)CC1. The van der Waals surface area contributed by atoms with Gasteiger partial charge in [-0.3, -0.25) is 4.99 Å². The van der Waals surface area contributed by atoms with Gasteiger partial charge in [0.05, 0.1) is 24.5 Å². The second kappa shape index (κ2) is 11.1. The van der Waals surface area contributed by atoms with Crippen molar-refractivity contribution >= 4 is 16.0 Å². The summed E-state index contributed by atoms with van der Waals surface area (Å²) in [6.07, 6.45) is 6.21. The van der Waals surface area contributed by atoms with E-state index in [1.165, 1.54) is 0 Å². The van der Waals surface area contributed by atoms with E-state index in [2.05, 4.69) is 20.3 Å². The summed E-state index contributed by atoms with van der Waals surface area (Å²) < 4.78 is 32.4. The molecule has 1 aliphatic carbocycles. The molecule has 0 amide bonds. The first-order valence-corrected chi connectivity index (χ1v) is 11.5. The Morgan fingerprint density at radius 3 is 2.62 bits per heavy atom. The Bertz CT molecular complexity index is 527. The lowest BCUT2D eigenvalue weighted by molar-refractivity contribution is 0.0200. The molecule has 2 aliphatic rings. The van der Waals surface area contributed by atoms with Gasteiger partial charge in [-0.1, -0.05) is 0 Å². The summed E-state index contributed by atoms with van der Waals surface area (Å²) in [4.78, 5) is 4.39. The zero-order chi connectivity index (χ0) is 18.8. The lowest BCUT2D eigenvalue weighted by Crippen LogP contribution is -2.45. The maximum atomic E-state index is 12.1. The van der Waals surface area contributed by atoms with Crippen molar-refractivity contribution in [2.45, 2.75) is 70.1 Å². The van der Waals surface area contributed by atoms with Crippen LogP contribution >= 0.6 is 0 Å². The number of ether oxygens (including phenoxy) is 1. The van der Waals surface area contributed by atoms with E-state index in [1.54, 1.807) is 0 Å². The van der Waals surface area contributed by atoms with Gasteiger partial charge in [-0.05, 0) is 51.9 Å². The average molecular weight is 391 g/mol. The normalized spacial score (nSPS) is 27.9. The zero-order valence-electron chi connectivity index (χ0n) is 15.7. The number of nitrogens with zero attached hydrogens (tertiary/aromatic N) is 1. The fraction of sp³-hybridized carbons (Fsp3) is 0.941. The molecule has 1 unspecified atom stereocenters. The molecule has 0 aromatic heterocycles. The van der Waals surface area contributed by atoms with E-state index in [0.717, 1.165) is 44.9 Å². The number of sulfonamides is 1. The second-order valence-corrected chi connectivity index (χ2v) is 8.99. The van der Waals surface area contributed by atoms with Gasteiger partial charge in [0.1, 0.15) is 0 Å². The number of hydrogen-bond donors (Lipinski definition) is 4. The standard InChI is InChI=1S/C17H34N4O4S/c1-2-18-17(21-14-6-8-15(22)9-7-14)19-10-12-26(23,24)20-13-16-5-3-4-11-25-16/h14-16,20,22H,2-13H2,1H3,(H2,18,19,21). The average Bonchev–Trinajstić information content (AvgIpc) is 2.63. The second-order valence-electron chi connectivity index (χ2n) is 7.07. The van der Waals surface area contributed by atoms with Crippen LogP contribution in [0.15, 0.2) is 4.99 Å². The first-order chi connectivity index (χ1) is 12.5. The topological polar surface area (TPSA) is 112 Å². The molecule has 4 N–H and O–H groups in total. The van der Waals surface area contributed by atoms with Crippen LogP contribution in [0.4, 0.5) is 0 Å². The van der Waals surface area contributed by atoms with E-state index in [0.29, 0.717) is 25.7 Å². The number of nitrogens with one attached hydrogen (secondary N) is 3. The van der Waals surface area contributed by atoms with Gasteiger partial charge in [0.15, 0.2) is 5.96 Å². The quantitative estimate of drug-likeness (QED) is 0.351. The Morgan fingerprint density at radius 2 is 1.96 bits per heavy atom. The number of guanidine groups is 1. The van der Waals surface area contributed by atoms with Crippen LogP contribution in [0.25, 0.3) is 0 Å². The van der Waals surface area contributed by atoms with E-state index in [9.17, 15) is 13.5 Å². The predicted molar refractivity (Wildman–Crippen MR) is 103 cm³/mol. The van der Waals surface area contributed by atoms with Gasteiger partial charge in [0, 0.05) is 25.7 Å². The zero-order valence-corrected chi connectivity index (χ0v) is 16.6. The maximum Gasteiger partial charge on any atom is 0.213 e. The Kier molecular flexibility index (Phi) is 9.10. The molecule has 1 heterocycles. The number of aliphatic hydroxyl groups excluding tert-OH is 1. The Morgan fingerprint density at radius 1 is 1.19 bits per heavy atom. The van der Waals surface area contributed by atoms with Crippen molar-refractivity contribution in [2.24, 2.45) is 4.99 Å². The molecule has 152 valence electrons. The summed E-state index contributed by atoms with van der Waals surface area (Å²) in [5, 5.41) is 16.1. The van der Waals surface area contributed by atoms with Crippen LogP contribution in [0.3, 0.4) is 0 Å². The minimum Gasteiger partial charge on any atom is -0.393 e. The number of hydrogen-bond acceptors (Lipinski definition) is 5. The molecule has 8 nitrogen and oxygen atoms in total. The molecule has 1 saturated carbocycles. The van der Waals surface area contributed by atoms with E-state index in [-0.39, 0.29) is 30.5 Å². The van der Waals surface area contributed by atoms with Gasteiger partial charge in [-0.2, -0.15) is 0 Å². The van der Waals surface area contributed by atoms with Crippen LogP contribution in [0.2, 0.25) is 0 Å². The van der Waals surface area contributed by atoms with Gasteiger partial charge in [-0.15, -0.1) is 0 Å². The molecule has 2 rings (SSSR count). The molecule has 9 heteroatoms. The van der Waals surface area contributed by atoms with Gasteiger partial charge >= 0.3 is 0 Å². The van der Waals surface area contributed by atoms with E-state index >= 15 is 0 Å². The van der Waals surface area contributed by atoms with Crippen LogP contribution in [-0.2, 0) is 14.8 Å². The molecule has 0 aromatic carbocycles. The highest BCUT2D eigenvalue weighted by Gasteiger charge is 2.20. The Hall–Kier alpha value is -0.900. The minimum atomic E-state index is -3.36. The molecule has 0 spiro atoms. The fourth-order valence-electron chi connectivity index (χ4n) is 3.27. The molecular formula is C17H34N4O4S.